The highest BCUT2D eigenvalue weighted by Crippen LogP contribution is 2.09. The third-order valence-corrected chi connectivity index (χ3v) is 2.96. The number of ether oxygens (including phenoxy) is 1. The van der Waals surface area contributed by atoms with Crippen LogP contribution in [0, 0.1) is 0 Å². The minimum atomic E-state index is -0.497. The largest absolute Gasteiger partial charge is 0.456 e. The minimum Gasteiger partial charge on any atom is -0.456 e. The molecule has 0 saturated heterocycles. The fraction of sp³-hybridized carbons (Fsp3) is 0.250. The normalized spacial score (nSPS) is 11.8. The van der Waals surface area contributed by atoms with E-state index in [0.717, 1.165) is 5.56 Å². The Hall–Kier alpha value is -2.20. The summed E-state index contributed by atoms with van der Waals surface area (Å²) in [5.41, 5.74) is 1.55. The number of pyridine rings is 1. The van der Waals surface area contributed by atoms with Crippen molar-refractivity contribution in [3.63, 3.8) is 0 Å². The number of nitrogens with zero attached hydrogens (tertiary/aromatic N) is 1. The number of aryl methyl sites for hydroxylation is 1. The number of rotatable bonds is 6. The Balaban J connectivity index is 1.88. The Morgan fingerprint density at radius 3 is 2.65 bits per heavy atom. The van der Waals surface area contributed by atoms with E-state index in [1.54, 1.807) is 36.7 Å². The summed E-state index contributed by atoms with van der Waals surface area (Å²) in [6.45, 7) is -0.182. The molecular weight excluding hydrogens is 254 g/mol. The van der Waals surface area contributed by atoms with Gasteiger partial charge in [-0.2, -0.15) is 0 Å². The van der Waals surface area contributed by atoms with Crippen LogP contribution in [0.15, 0.2) is 54.9 Å². The van der Waals surface area contributed by atoms with Crippen molar-refractivity contribution in [2.24, 2.45) is 0 Å². The molecule has 104 valence electrons. The van der Waals surface area contributed by atoms with Gasteiger partial charge in [-0.1, -0.05) is 24.3 Å². The average molecular weight is 271 g/mol. The van der Waals surface area contributed by atoms with Crippen molar-refractivity contribution in [1.82, 2.24) is 4.98 Å². The Morgan fingerprint density at radius 2 is 2.00 bits per heavy atom. The van der Waals surface area contributed by atoms with Crippen LogP contribution in [-0.2, 0) is 11.2 Å². The Labute approximate surface area is 118 Å². The second kappa shape index (κ2) is 7.40. The molecule has 1 heterocycles. The number of hydrogen-bond acceptors (Lipinski definition) is 4. The molecule has 0 aliphatic carbocycles. The number of aromatic nitrogens is 1. The lowest BCUT2D eigenvalue weighted by molar-refractivity contribution is 0.0116. The first-order valence-corrected chi connectivity index (χ1v) is 6.55. The maximum Gasteiger partial charge on any atom is 0.338 e. The standard InChI is InChI=1S/C16H17NO3/c18-12-15(9-8-13-5-4-10-17-11-13)20-16(19)14-6-2-1-3-7-14/h1-7,10-11,15,18H,8-9,12H2. The van der Waals surface area contributed by atoms with Crippen molar-refractivity contribution in [2.45, 2.75) is 18.9 Å². The fourth-order valence-electron chi connectivity index (χ4n) is 1.85. The summed E-state index contributed by atoms with van der Waals surface area (Å²) in [4.78, 5) is 15.9. The molecule has 0 spiro atoms. The number of carbonyl (C=O) groups excluding carboxylic acids is 1. The van der Waals surface area contributed by atoms with Gasteiger partial charge in [-0.05, 0) is 36.6 Å². The predicted octanol–water partition coefficient (Wildman–Crippen LogP) is 2.23. The molecule has 1 aromatic carbocycles. The molecule has 0 bridgehead atoms. The topological polar surface area (TPSA) is 59.4 Å². The maximum atomic E-state index is 11.9. The van der Waals surface area contributed by atoms with Crippen molar-refractivity contribution >= 4 is 5.97 Å². The molecule has 4 heteroatoms. The lowest BCUT2D eigenvalue weighted by atomic mass is 10.1. The Morgan fingerprint density at radius 1 is 1.20 bits per heavy atom. The van der Waals surface area contributed by atoms with Gasteiger partial charge >= 0.3 is 5.97 Å². The first kappa shape index (κ1) is 14.2. The quantitative estimate of drug-likeness (QED) is 0.818. The molecule has 0 saturated carbocycles. The zero-order valence-corrected chi connectivity index (χ0v) is 11.1. The van der Waals surface area contributed by atoms with Crippen LogP contribution < -0.4 is 0 Å². The van der Waals surface area contributed by atoms with Crippen LogP contribution in [0.25, 0.3) is 0 Å². The number of esters is 1. The molecule has 0 aliphatic rings. The van der Waals surface area contributed by atoms with E-state index in [9.17, 15) is 9.90 Å². The number of aliphatic hydroxyl groups is 1. The van der Waals surface area contributed by atoms with Gasteiger partial charge in [-0.3, -0.25) is 4.98 Å². The summed E-state index contributed by atoms with van der Waals surface area (Å²) in [7, 11) is 0. The van der Waals surface area contributed by atoms with Crippen molar-refractivity contribution in [2.75, 3.05) is 6.61 Å². The zero-order chi connectivity index (χ0) is 14.2. The van der Waals surface area contributed by atoms with E-state index in [1.807, 2.05) is 18.2 Å². The number of carbonyl (C=O) groups is 1. The van der Waals surface area contributed by atoms with Crippen LogP contribution in [0.4, 0.5) is 0 Å². The molecule has 0 aliphatic heterocycles. The van der Waals surface area contributed by atoms with Gasteiger partial charge in [0.05, 0.1) is 12.2 Å². The van der Waals surface area contributed by atoms with E-state index < -0.39 is 12.1 Å². The van der Waals surface area contributed by atoms with Gasteiger partial charge in [0, 0.05) is 12.4 Å². The first-order valence-electron chi connectivity index (χ1n) is 6.55. The molecular formula is C16H17NO3. The van der Waals surface area contributed by atoms with E-state index in [2.05, 4.69) is 4.98 Å². The highest BCUT2D eigenvalue weighted by atomic mass is 16.6. The highest BCUT2D eigenvalue weighted by molar-refractivity contribution is 5.89. The van der Waals surface area contributed by atoms with E-state index in [1.165, 1.54) is 0 Å². The highest BCUT2D eigenvalue weighted by Gasteiger charge is 2.15. The van der Waals surface area contributed by atoms with Gasteiger partial charge in [0.15, 0.2) is 0 Å². The molecule has 0 radical (unpaired) electrons. The molecule has 2 rings (SSSR count). The van der Waals surface area contributed by atoms with Crippen molar-refractivity contribution < 1.29 is 14.6 Å². The summed E-state index contributed by atoms with van der Waals surface area (Å²) in [6.07, 6.45) is 4.26. The van der Waals surface area contributed by atoms with Crippen molar-refractivity contribution in [3.05, 3.63) is 66.0 Å². The van der Waals surface area contributed by atoms with Crippen LogP contribution in [0.5, 0.6) is 0 Å². The first-order chi connectivity index (χ1) is 9.79. The summed E-state index contributed by atoms with van der Waals surface area (Å²) in [6, 6.07) is 12.6. The predicted molar refractivity (Wildman–Crippen MR) is 75.3 cm³/mol. The van der Waals surface area contributed by atoms with Crippen LogP contribution in [0.1, 0.15) is 22.3 Å². The van der Waals surface area contributed by atoms with Crippen LogP contribution in [0.3, 0.4) is 0 Å². The van der Waals surface area contributed by atoms with E-state index in [0.29, 0.717) is 18.4 Å². The average Bonchev–Trinajstić information content (AvgIpc) is 2.53. The second-order valence-electron chi connectivity index (χ2n) is 4.48. The van der Waals surface area contributed by atoms with E-state index in [-0.39, 0.29) is 6.61 Å². The second-order valence-corrected chi connectivity index (χ2v) is 4.48. The number of hydrogen-bond donors (Lipinski definition) is 1. The summed E-state index contributed by atoms with van der Waals surface area (Å²) in [5.74, 6) is -0.407. The van der Waals surface area contributed by atoms with E-state index >= 15 is 0 Å². The van der Waals surface area contributed by atoms with Crippen LogP contribution in [0.2, 0.25) is 0 Å². The number of benzene rings is 1. The smallest absolute Gasteiger partial charge is 0.338 e. The van der Waals surface area contributed by atoms with Gasteiger partial charge in [-0.15, -0.1) is 0 Å². The zero-order valence-electron chi connectivity index (χ0n) is 11.1. The van der Waals surface area contributed by atoms with Gasteiger partial charge in [0.25, 0.3) is 0 Å². The van der Waals surface area contributed by atoms with Gasteiger partial charge < -0.3 is 9.84 Å². The van der Waals surface area contributed by atoms with Crippen LogP contribution in [-0.4, -0.2) is 28.8 Å². The molecule has 1 atom stereocenters. The SMILES string of the molecule is O=C(OC(CO)CCc1cccnc1)c1ccccc1. The molecule has 4 nitrogen and oxygen atoms in total. The van der Waals surface area contributed by atoms with Gasteiger partial charge in [-0.25, -0.2) is 4.79 Å². The minimum absolute atomic E-state index is 0.182. The maximum absolute atomic E-state index is 11.9. The summed E-state index contributed by atoms with van der Waals surface area (Å²) >= 11 is 0. The summed E-state index contributed by atoms with van der Waals surface area (Å²) in [5, 5.41) is 9.31. The van der Waals surface area contributed by atoms with Crippen molar-refractivity contribution in [3.8, 4) is 0 Å². The molecule has 1 N–H and O–H groups in total. The van der Waals surface area contributed by atoms with Gasteiger partial charge in [0.1, 0.15) is 6.10 Å². The molecule has 0 amide bonds. The third kappa shape index (κ3) is 4.17. The van der Waals surface area contributed by atoms with Gasteiger partial charge in [0.2, 0.25) is 0 Å². The summed E-state index contributed by atoms with van der Waals surface area (Å²) < 4.78 is 5.30. The van der Waals surface area contributed by atoms with E-state index in [4.69, 9.17) is 4.74 Å². The van der Waals surface area contributed by atoms with Crippen molar-refractivity contribution in [1.29, 1.82) is 0 Å². The van der Waals surface area contributed by atoms with Crippen LogP contribution >= 0.6 is 0 Å². The lowest BCUT2D eigenvalue weighted by Gasteiger charge is -2.15. The molecule has 1 aromatic heterocycles. The lowest BCUT2D eigenvalue weighted by Crippen LogP contribution is -2.22. The molecule has 20 heavy (non-hydrogen) atoms. The molecule has 1 unspecified atom stereocenters. The molecule has 0 fully saturated rings. The monoisotopic (exact) mass is 271 g/mol. The number of aliphatic hydroxyl groups excluding tert-OH is 1. The third-order valence-electron chi connectivity index (χ3n) is 2.96. The molecule has 2 aromatic rings. The Bertz CT molecular complexity index is 528. The fourth-order valence-corrected chi connectivity index (χ4v) is 1.85. The Kier molecular flexibility index (Phi) is 5.26.